The summed E-state index contributed by atoms with van der Waals surface area (Å²) >= 11 is 1.90. The van der Waals surface area contributed by atoms with Crippen LogP contribution in [-0.2, 0) is 0 Å². The lowest BCUT2D eigenvalue weighted by molar-refractivity contribution is 0.528. The maximum Gasteiger partial charge on any atom is 0.361 e. The predicted octanol–water partition coefficient (Wildman–Crippen LogP) is 0.996. The van der Waals surface area contributed by atoms with E-state index in [9.17, 15) is 4.79 Å². The van der Waals surface area contributed by atoms with Crippen LogP contribution in [0.25, 0.3) is 11.3 Å². The van der Waals surface area contributed by atoms with Crippen molar-refractivity contribution in [3.8, 4) is 11.3 Å². The normalized spacial score (nSPS) is 14.8. The molecule has 0 atom stereocenters. The Kier molecular flexibility index (Phi) is 4.46. The van der Waals surface area contributed by atoms with Gasteiger partial charge in [0.2, 0.25) is 0 Å². The lowest BCUT2D eigenvalue weighted by Gasteiger charge is -2.29. The van der Waals surface area contributed by atoms with Gasteiger partial charge >= 0.3 is 5.63 Å². The second-order valence-corrected chi connectivity index (χ2v) is 6.48. The molecule has 0 amide bonds. The van der Waals surface area contributed by atoms with Gasteiger partial charge in [-0.2, -0.15) is 11.8 Å². The summed E-state index contributed by atoms with van der Waals surface area (Å²) in [5.41, 5.74) is 7.73. The highest BCUT2D eigenvalue weighted by molar-refractivity contribution is 7.99. The number of thioether (sulfide) groups is 1. The van der Waals surface area contributed by atoms with Crippen LogP contribution < -0.4 is 33.1 Å². The molecule has 2 heterocycles. The SMILES string of the molecule is Nc1c(N2CCSCC2)cc(-c2ccc(N(N)N)cc2)oc1=O. The van der Waals surface area contributed by atoms with Crippen molar-refractivity contribution in [1.29, 1.82) is 0 Å². The van der Waals surface area contributed by atoms with Crippen LogP contribution in [0.4, 0.5) is 17.1 Å². The van der Waals surface area contributed by atoms with Crippen molar-refractivity contribution in [2.45, 2.75) is 0 Å². The van der Waals surface area contributed by atoms with Crippen molar-refractivity contribution in [2.75, 3.05) is 40.3 Å². The molecule has 1 saturated heterocycles. The molecule has 0 unspecified atom stereocenters. The summed E-state index contributed by atoms with van der Waals surface area (Å²) in [6.45, 7) is 1.73. The molecular formula is C15H19N5O2S. The summed E-state index contributed by atoms with van der Waals surface area (Å²) in [5.74, 6) is 13.5. The zero-order valence-electron chi connectivity index (χ0n) is 12.6. The van der Waals surface area contributed by atoms with E-state index in [0.29, 0.717) is 11.4 Å². The molecule has 0 radical (unpaired) electrons. The van der Waals surface area contributed by atoms with Gasteiger partial charge < -0.3 is 15.1 Å². The van der Waals surface area contributed by atoms with Crippen molar-refractivity contribution < 1.29 is 4.42 Å². The highest BCUT2D eigenvalue weighted by Crippen LogP contribution is 2.29. The number of hydrogen-bond acceptors (Lipinski definition) is 8. The molecule has 0 spiro atoms. The van der Waals surface area contributed by atoms with Gasteiger partial charge in [-0.25, -0.2) is 21.6 Å². The third-order valence-electron chi connectivity index (χ3n) is 3.77. The lowest BCUT2D eigenvalue weighted by atomic mass is 10.1. The Balaban J connectivity index is 1.99. The maximum atomic E-state index is 12.1. The van der Waals surface area contributed by atoms with E-state index in [1.807, 2.05) is 17.8 Å². The number of hydrazine groups is 2. The molecule has 1 fully saturated rings. The molecule has 23 heavy (non-hydrogen) atoms. The summed E-state index contributed by atoms with van der Waals surface area (Å²) in [7, 11) is 0. The zero-order chi connectivity index (χ0) is 16.4. The molecular weight excluding hydrogens is 314 g/mol. The van der Waals surface area contributed by atoms with Gasteiger partial charge in [0.05, 0.1) is 11.4 Å². The Morgan fingerprint density at radius 2 is 1.78 bits per heavy atom. The van der Waals surface area contributed by atoms with Gasteiger partial charge in [-0.3, -0.25) is 0 Å². The number of rotatable bonds is 3. The van der Waals surface area contributed by atoms with Crippen LogP contribution in [0.3, 0.4) is 0 Å². The van der Waals surface area contributed by atoms with E-state index < -0.39 is 5.63 Å². The lowest BCUT2D eigenvalue weighted by Crippen LogP contribution is -2.37. The number of hydrogen-bond donors (Lipinski definition) is 3. The van der Waals surface area contributed by atoms with Crippen molar-refractivity contribution in [3.05, 3.63) is 40.8 Å². The highest BCUT2D eigenvalue weighted by Gasteiger charge is 2.18. The van der Waals surface area contributed by atoms with E-state index in [-0.39, 0.29) is 5.69 Å². The Hall–Kier alpha value is -2.16. The molecule has 1 aromatic carbocycles. The van der Waals surface area contributed by atoms with Crippen LogP contribution in [0.5, 0.6) is 0 Å². The quantitative estimate of drug-likeness (QED) is 0.563. The minimum atomic E-state index is -0.515. The van der Waals surface area contributed by atoms with Crippen LogP contribution in [0.1, 0.15) is 0 Å². The topological polar surface area (TPSA) is 115 Å². The monoisotopic (exact) mass is 333 g/mol. The van der Waals surface area contributed by atoms with Crippen LogP contribution in [0.2, 0.25) is 0 Å². The Morgan fingerprint density at radius 3 is 2.39 bits per heavy atom. The summed E-state index contributed by atoms with van der Waals surface area (Å²) < 4.78 is 5.34. The van der Waals surface area contributed by atoms with E-state index in [4.69, 9.17) is 21.8 Å². The average Bonchev–Trinajstić information content (AvgIpc) is 2.58. The fraction of sp³-hybridized carbons (Fsp3) is 0.267. The van der Waals surface area contributed by atoms with Crippen LogP contribution in [0.15, 0.2) is 39.5 Å². The Morgan fingerprint density at radius 1 is 1.13 bits per heavy atom. The minimum absolute atomic E-state index is 0.160. The molecule has 6 N–H and O–H groups in total. The Labute approximate surface area is 138 Å². The maximum absolute atomic E-state index is 12.1. The standard InChI is InChI=1S/C15H19N5O2S/c16-14-12(19-5-7-23-8-6-19)9-13(22-15(14)21)10-1-3-11(4-2-10)20(17)18/h1-4,9H,5-8,16-18H2. The number of nitrogens with two attached hydrogens (primary N) is 3. The predicted molar refractivity (Wildman–Crippen MR) is 95.2 cm³/mol. The summed E-state index contributed by atoms with van der Waals surface area (Å²) in [5, 5.41) is 1.03. The Bertz CT molecular complexity index is 739. The first-order chi connectivity index (χ1) is 11.1. The molecule has 1 aliphatic rings. The second-order valence-electron chi connectivity index (χ2n) is 5.25. The van der Waals surface area contributed by atoms with Gasteiger partial charge in [-0.05, 0) is 24.3 Å². The molecule has 2 aromatic rings. The van der Waals surface area contributed by atoms with Gasteiger partial charge in [0.15, 0.2) is 0 Å². The number of nitrogen functional groups attached to an aromatic ring is 1. The fourth-order valence-electron chi connectivity index (χ4n) is 2.50. The highest BCUT2D eigenvalue weighted by atomic mass is 32.2. The van der Waals surface area contributed by atoms with Gasteiger partial charge in [0.25, 0.3) is 0 Å². The van der Waals surface area contributed by atoms with Crippen molar-refractivity contribution >= 4 is 28.8 Å². The molecule has 3 rings (SSSR count). The molecule has 122 valence electrons. The van der Waals surface area contributed by atoms with Crippen molar-refractivity contribution in [3.63, 3.8) is 0 Å². The van der Waals surface area contributed by atoms with Crippen molar-refractivity contribution in [1.82, 2.24) is 0 Å². The van der Waals surface area contributed by atoms with E-state index >= 15 is 0 Å². The minimum Gasteiger partial charge on any atom is -0.421 e. The van der Waals surface area contributed by atoms with E-state index in [0.717, 1.165) is 41.0 Å². The summed E-state index contributed by atoms with van der Waals surface area (Å²) in [6.07, 6.45) is 0. The molecule has 1 aliphatic heterocycles. The van der Waals surface area contributed by atoms with Gasteiger partial charge in [-0.15, -0.1) is 0 Å². The van der Waals surface area contributed by atoms with Gasteiger partial charge in [0, 0.05) is 36.2 Å². The molecule has 8 heteroatoms. The first-order valence-electron chi connectivity index (χ1n) is 7.22. The van der Waals surface area contributed by atoms with E-state index in [1.54, 1.807) is 24.3 Å². The largest absolute Gasteiger partial charge is 0.421 e. The van der Waals surface area contributed by atoms with Crippen molar-refractivity contribution in [2.24, 2.45) is 11.7 Å². The van der Waals surface area contributed by atoms with Crippen LogP contribution in [-0.4, -0.2) is 24.6 Å². The smallest absolute Gasteiger partial charge is 0.361 e. The summed E-state index contributed by atoms with van der Waals surface area (Å²) in [6, 6.07) is 8.93. The first kappa shape index (κ1) is 15.7. The zero-order valence-corrected chi connectivity index (χ0v) is 13.4. The van der Waals surface area contributed by atoms with E-state index in [2.05, 4.69) is 4.90 Å². The third kappa shape index (κ3) is 3.29. The number of benzene rings is 1. The van der Waals surface area contributed by atoms with Gasteiger partial charge in [0.1, 0.15) is 11.4 Å². The van der Waals surface area contributed by atoms with Crippen LogP contribution >= 0.6 is 11.8 Å². The van der Waals surface area contributed by atoms with E-state index in [1.165, 1.54) is 0 Å². The van der Waals surface area contributed by atoms with Crippen LogP contribution in [0, 0.1) is 0 Å². The van der Waals surface area contributed by atoms with Gasteiger partial charge in [-0.1, -0.05) is 0 Å². The molecule has 0 bridgehead atoms. The molecule has 0 saturated carbocycles. The third-order valence-corrected chi connectivity index (χ3v) is 4.71. The first-order valence-corrected chi connectivity index (χ1v) is 8.38. The summed E-state index contributed by atoms with van der Waals surface area (Å²) in [4.78, 5) is 14.2. The second kappa shape index (κ2) is 6.53. The molecule has 1 aromatic heterocycles. The molecule has 7 nitrogen and oxygen atoms in total. The fourth-order valence-corrected chi connectivity index (χ4v) is 3.40. The molecule has 0 aliphatic carbocycles. The number of nitrogens with zero attached hydrogens (tertiary/aromatic N) is 2. The average molecular weight is 333 g/mol. The number of anilines is 3.